The molecule has 0 unspecified atom stereocenters. The first kappa shape index (κ1) is 25.0. The van der Waals surface area contributed by atoms with Gasteiger partial charge in [-0.2, -0.15) is 23.3 Å². The number of hydrogen-bond donors (Lipinski definition) is 0. The molecule has 4 heterocycles. The van der Waals surface area contributed by atoms with E-state index in [1.54, 1.807) is 4.57 Å². The summed E-state index contributed by atoms with van der Waals surface area (Å²) in [5.74, 6) is 1.79. The van der Waals surface area contributed by atoms with Crippen LogP contribution in [0.5, 0.6) is 0 Å². The molecule has 4 aromatic rings. The lowest BCUT2D eigenvalue weighted by Crippen LogP contribution is -2.32. The van der Waals surface area contributed by atoms with E-state index in [2.05, 4.69) is 28.8 Å². The number of hydrogen-bond acceptors (Lipinski definition) is 5. The van der Waals surface area contributed by atoms with Crippen molar-refractivity contribution in [2.75, 3.05) is 11.4 Å². The minimum absolute atomic E-state index is 0.150. The van der Waals surface area contributed by atoms with E-state index in [1.165, 1.54) is 0 Å². The molecule has 0 spiro atoms. The van der Waals surface area contributed by atoms with E-state index in [-0.39, 0.29) is 12.1 Å². The number of benzene rings is 1. The summed E-state index contributed by atoms with van der Waals surface area (Å²) in [7, 11) is 0. The first-order valence-electron chi connectivity index (χ1n) is 12.5. The number of alkyl halides is 3. The number of rotatable bonds is 6. The lowest BCUT2D eigenvalue weighted by atomic mass is 10.1. The van der Waals surface area contributed by atoms with Crippen LogP contribution in [-0.4, -0.2) is 40.6 Å². The molecule has 196 valence electrons. The number of anilines is 1. The van der Waals surface area contributed by atoms with Crippen molar-refractivity contribution in [2.24, 2.45) is 0 Å². The highest BCUT2D eigenvalue weighted by molar-refractivity contribution is 5.58. The second-order valence-corrected chi connectivity index (χ2v) is 10.1. The predicted molar refractivity (Wildman–Crippen MR) is 135 cm³/mol. The average Bonchev–Trinajstić information content (AvgIpc) is 3.55. The molecule has 0 aliphatic carbocycles. The van der Waals surface area contributed by atoms with E-state index in [0.717, 1.165) is 48.5 Å². The maximum Gasteiger partial charge on any atom is 0.434 e. The number of aryl methyl sites for hydroxylation is 2. The summed E-state index contributed by atoms with van der Waals surface area (Å²) < 4.78 is 45.3. The van der Waals surface area contributed by atoms with Gasteiger partial charge < -0.3 is 9.47 Å². The molecule has 0 saturated carbocycles. The second-order valence-electron chi connectivity index (χ2n) is 10.1. The van der Waals surface area contributed by atoms with Crippen LogP contribution in [0.2, 0.25) is 0 Å². The van der Waals surface area contributed by atoms with Crippen molar-refractivity contribution in [2.45, 2.75) is 72.4 Å². The van der Waals surface area contributed by atoms with Gasteiger partial charge in [-0.05, 0) is 52.2 Å². The van der Waals surface area contributed by atoms with Gasteiger partial charge in [-0.1, -0.05) is 24.3 Å². The summed E-state index contributed by atoms with van der Waals surface area (Å²) in [6.45, 7) is 12.1. The molecule has 0 fully saturated rings. The fourth-order valence-corrected chi connectivity index (χ4v) is 4.71. The first-order valence-corrected chi connectivity index (χ1v) is 12.5. The Morgan fingerprint density at radius 1 is 0.973 bits per heavy atom. The van der Waals surface area contributed by atoms with Gasteiger partial charge in [0.2, 0.25) is 11.8 Å². The molecule has 3 aromatic heterocycles. The van der Waals surface area contributed by atoms with Gasteiger partial charge in [0, 0.05) is 43.5 Å². The molecular weight excluding hydrogens is 481 g/mol. The standard InChI is InChI=1S/C26H31F3N8/c1-16(2)35-15-21(26(27,28)29)31-24(35)20-9-7-19(8-10-20)14-34-11-6-12-36-25(34)32-23(33-36)22-18(5)13-30-37(22)17(3)4/h7-10,13,15-17H,6,11-12,14H2,1-5H3. The molecule has 5 rings (SSSR count). The fraction of sp³-hybridized carbons (Fsp3) is 0.462. The maximum atomic E-state index is 13.3. The number of fused-ring (bicyclic) bond motifs is 1. The van der Waals surface area contributed by atoms with Crippen molar-refractivity contribution in [3.05, 3.63) is 53.5 Å². The summed E-state index contributed by atoms with van der Waals surface area (Å²) in [4.78, 5) is 11.0. The van der Waals surface area contributed by atoms with Gasteiger partial charge in [-0.15, -0.1) is 5.10 Å². The Labute approximate surface area is 213 Å². The van der Waals surface area contributed by atoms with E-state index in [1.807, 2.05) is 60.6 Å². The van der Waals surface area contributed by atoms with Crippen LogP contribution in [0.3, 0.4) is 0 Å². The van der Waals surface area contributed by atoms with Crippen LogP contribution < -0.4 is 4.90 Å². The summed E-state index contributed by atoms with van der Waals surface area (Å²) in [6, 6.07) is 7.59. The zero-order valence-electron chi connectivity index (χ0n) is 21.7. The molecule has 0 atom stereocenters. The van der Waals surface area contributed by atoms with Crippen molar-refractivity contribution in [3.63, 3.8) is 0 Å². The van der Waals surface area contributed by atoms with Crippen LogP contribution in [0.15, 0.2) is 36.7 Å². The van der Waals surface area contributed by atoms with Crippen molar-refractivity contribution >= 4 is 5.95 Å². The van der Waals surface area contributed by atoms with Gasteiger partial charge >= 0.3 is 6.18 Å². The number of nitrogens with zero attached hydrogens (tertiary/aromatic N) is 8. The Kier molecular flexibility index (Phi) is 6.33. The Balaban J connectivity index is 1.40. The smallest absolute Gasteiger partial charge is 0.337 e. The molecule has 0 radical (unpaired) electrons. The molecule has 0 saturated heterocycles. The molecule has 1 aromatic carbocycles. The predicted octanol–water partition coefficient (Wildman–Crippen LogP) is 5.90. The zero-order valence-corrected chi connectivity index (χ0v) is 21.7. The van der Waals surface area contributed by atoms with E-state index in [4.69, 9.17) is 10.1 Å². The van der Waals surface area contributed by atoms with Gasteiger partial charge in [-0.3, -0.25) is 4.68 Å². The second kappa shape index (κ2) is 9.35. The first-order chi connectivity index (χ1) is 17.5. The molecule has 1 aliphatic heterocycles. The van der Waals surface area contributed by atoms with Crippen molar-refractivity contribution in [3.8, 4) is 22.9 Å². The fourth-order valence-electron chi connectivity index (χ4n) is 4.71. The third-order valence-corrected chi connectivity index (χ3v) is 6.58. The number of imidazole rings is 1. The summed E-state index contributed by atoms with van der Waals surface area (Å²) in [5.41, 5.74) is 2.77. The van der Waals surface area contributed by atoms with Gasteiger partial charge in [0.15, 0.2) is 5.69 Å². The summed E-state index contributed by atoms with van der Waals surface area (Å²) in [6.07, 6.45) is -0.610. The third kappa shape index (κ3) is 4.74. The molecule has 37 heavy (non-hydrogen) atoms. The van der Waals surface area contributed by atoms with Gasteiger partial charge in [-0.25, -0.2) is 9.67 Å². The van der Waals surface area contributed by atoms with E-state index in [9.17, 15) is 13.2 Å². The minimum Gasteiger partial charge on any atom is -0.337 e. The molecule has 11 heteroatoms. The largest absolute Gasteiger partial charge is 0.434 e. The van der Waals surface area contributed by atoms with Crippen LogP contribution in [0, 0.1) is 6.92 Å². The summed E-state index contributed by atoms with van der Waals surface area (Å²) in [5, 5.41) is 9.29. The van der Waals surface area contributed by atoms with Crippen molar-refractivity contribution in [1.29, 1.82) is 0 Å². The minimum atomic E-state index is -4.48. The SMILES string of the molecule is Cc1cnn(C(C)C)c1-c1nc2n(n1)CCCN2Cc1ccc(-c2nc(C(F)(F)F)cn2C(C)C)cc1. The zero-order chi connectivity index (χ0) is 26.5. The highest BCUT2D eigenvalue weighted by atomic mass is 19.4. The lowest BCUT2D eigenvalue weighted by Gasteiger charge is -2.27. The topological polar surface area (TPSA) is 69.6 Å². The maximum absolute atomic E-state index is 13.3. The van der Waals surface area contributed by atoms with Gasteiger partial charge in [0.25, 0.3) is 0 Å². The summed E-state index contributed by atoms with van der Waals surface area (Å²) >= 11 is 0. The molecule has 0 N–H and O–H groups in total. The Hall–Kier alpha value is -3.63. The van der Waals surface area contributed by atoms with Crippen LogP contribution in [0.25, 0.3) is 22.9 Å². The molecular formula is C26H31F3N8. The van der Waals surface area contributed by atoms with Crippen molar-refractivity contribution < 1.29 is 13.2 Å². The van der Waals surface area contributed by atoms with Crippen LogP contribution in [0.1, 0.15) is 63.0 Å². The van der Waals surface area contributed by atoms with E-state index in [0.29, 0.717) is 23.8 Å². The van der Waals surface area contributed by atoms with E-state index < -0.39 is 11.9 Å². The highest BCUT2D eigenvalue weighted by Crippen LogP contribution is 2.33. The molecule has 0 amide bonds. The van der Waals surface area contributed by atoms with Crippen molar-refractivity contribution in [1.82, 2.24) is 34.1 Å². The Morgan fingerprint density at radius 2 is 1.70 bits per heavy atom. The normalized spacial score (nSPS) is 14.2. The van der Waals surface area contributed by atoms with Crippen LogP contribution in [-0.2, 0) is 19.3 Å². The molecule has 0 bridgehead atoms. The Morgan fingerprint density at radius 3 is 2.35 bits per heavy atom. The van der Waals surface area contributed by atoms with Gasteiger partial charge in [0.05, 0.1) is 6.20 Å². The number of aromatic nitrogens is 7. The van der Waals surface area contributed by atoms with E-state index >= 15 is 0 Å². The molecule has 1 aliphatic rings. The average molecular weight is 513 g/mol. The third-order valence-electron chi connectivity index (χ3n) is 6.58. The lowest BCUT2D eigenvalue weighted by molar-refractivity contribution is -0.140. The quantitative estimate of drug-likeness (QED) is 0.322. The monoisotopic (exact) mass is 512 g/mol. The Bertz CT molecular complexity index is 1390. The highest BCUT2D eigenvalue weighted by Gasteiger charge is 2.35. The van der Waals surface area contributed by atoms with Crippen LogP contribution in [0.4, 0.5) is 19.1 Å². The van der Waals surface area contributed by atoms with Gasteiger partial charge in [0.1, 0.15) is 11.5 Å². The van der Waals surface area contributed by atoms with Crippen LogP contribution >= 0.6 is 0 Å². The molecule has 8 nitrogen and oxygen atoms in total. The number of halogens is 3.